The van der Waals surface area contributed by atoms with Crippen LogP contribution in [0.4, 0.5) is 0 Å². The first-order valence-electron chi connectivity index (χ1n) is 9.92. The predicted octanol–water partition coefficient (Wildman–Crippen LogP) is 3.37. The van der Waals surface area contributed by atoms with Crippen LogP contribution in [-0.4, -0.2) is 32.2 Å². The van der Waals surface area contributed by atoms with Gasteiger partial charge < -0.3 is 15.4 Å². The number of piperidine rings is 1. The maximum Gasteiger partial charge on any atom is 0.251 e. The summed E-state index contributed by atoms with van der Waals surface area (Å²) in [4.78, 5) is 13.0. The third-order valence-corrected chi connectivity index (χ3v) is 6.34. The van der Waals surface area contributed by atoms with Gasteiger partial charge in [0.05, 0.1) is 12.1 Å². The Labute approximate surface area is 161 Å². The van der Waals surface area contributed by atoms with Crippen molar-refractivity contribution in [1.82, 2.24) is 10.6 Å². The standard InChI is InChI=1S/C23H28N2O2/c1-3-16-8-10-17(11-9-16)22(26)25-20-18-6-4-5-7-19(18)23(21(20)27-2)12-14-24-15-13-23/h4-11,20-21,24H,3,12-15H2,1-2H3,(H,25,26)/t20-,21+/m0/s1. The summed E-state index contributed by atoms with van der Waals surface area (Å²) in [6, 6.07) is 16.3. The van der Waals surface area contributed by atoms with E-state index in [-0.39, 0.29) is 23.5 Å². The number of benzene rings is 2. The molecule has 1 aliphatic carbocycles. The molecule has 1 saturated heterocycles. The molecule has 142 valence electrons. The number of fused-ring (bicyclic) bond motifs is 2. The molecule has 0 unspecified atom stereocenters. The summed E-state index contributed by atoms with van der Waals surface area (Å²) in [6.45, 7) is 4.08. The average Bonchev–Trinajstić information content (AvgIpc) is 2.97. The molecule has 2 N–H and O–H groups in total. The van der Waals surface area contributed by atoms with E-state index in [2.05, 4.69) is 41.8 Å². The lowest BCUT2D eigenvalue weighted by molar-refractivity contribution is 0.00397. The SMILES string of the molecule is CCc1ccc(C(=O)N[C@H]2c3ccccc3C3(CCNCC3)[C@@H]2OC)cc1. The van der Waals surface area contributed by atoms with Crippen molar-refractivity contribution in [2.24, 2.45) is 0 Å². The van der Waals surface area contributed by atoms with E-state index in [4.69, 9.17) is 4.74 Å². The summed E-state index contributed by atoms with van der Waals surface area (Å²) in [6.07, 6.45) is 2.98. The molecular formula is C23H28N2O2. The second-order valence-electron chi connectivity index (χ2n) is 7.65. The van der Waals surface area contributed by atoms with E-state index >= 15 is 0 Å². The first-order chi connectivity index (χ1) is 13.2. The van der Waals surface area contributed by atoms with Crippen molar-refractivity contribution in [1.29, 1.82) is 0 Å². The fourth-order valence-electron chi connectivity index (χ4n) is 4.92. The molecule has 4 rings (SSSR count). The van der Waals surface area contributed by atoms with E-state index < -0.39 is 0 Å². The van der Waals surface area contributed by atoms with Gasteiger partial charge in [0.1, 0.15) is 0 Å². The quantitative estimate of drug-likeness (QED) is 0.875. The minimum absolute atomic E-state index is 0.0272. The number of nitrogens with one attached hydrogen (secondary N) is 2. The van der Waals surface area contributed by atoms with Gasteiger partial charge in [-0.25, -0.2) is 0 Å². The number of aryl methyl sites for hydroxylation is 1. The number of ether oxygens (including phenoxy) is 1. The van der Waals surface area contributed by atoms with E-state index in [0.717, 1.165) is 32.4 Å². The zero-order chi connectivity index (χ0) is 18.9. The average molecular weight is 364 g/mol. The van der Waals surface area contributed by atoms with Crippen molar-refractivity contribution in [2.75, 3.05) is 20.2 Å². The Morgan fingerprint density at radius 2 is 1.85 bits per heavy atom. The molecule has 0 aromatic heterocycles. The predicted molar refractivity (Wildman–Crippen MR) is 107 cm³/mol. The highest BCUT2D eigenvalue weighted by atomic mass is 16.5. The molecule has 0 saturated carbocycles. The van der Waals surface area contributed by atoms with Gasteiger partial charge in [-0.3, -0.25) is 4.79 Å². The van der Waals surface area contributed by atoms with Crippen LogP contribution < -0.4 is 10.6 Å². The van der Waals surface area contributed by atoms with Crippen LogP contribution in [0.5, 0.6) is 0 Å². The summed E-state index contributed by atoms with van der Waals surface area (Å²) in [5.74, 6) is -0.0366. The molecule has 27 heavy (non-hydrogen) atoms. The monoisotopic (exact) mass is 364 g/mol. The molecule has 1 fully saturated rings. The Bertz CT molecular complexity index is 809. The van der Waals surface area contributed by atoms with Gasteiger partial charge in [-0.05, 0) is 61.2 Å². The van der Waals surface area contributed by atoms with Gasteiger partial charge >= 0.3 is 0 Å². The molecule has 0 radical (unpaired) electrons. The molecule has 2 aliphatic rings. The fraction of sp³-hybridized carbons (Fsp3) is 0.435. The van der Waals surface area contributed by atoms with Crippen LogP contribution in [0.25, 0.3) is 0 Å². The van der Waals surface area contributed by atoms with Crippen molar-refractivity contribution >= 4 is 5.91 Å². The third kappa shape index (κ3) is 3.07. The Hall–Kier alpha value is -2.17. The summed E-state index contributed by atoms with van der Waals surface area (Å²) in [5.41, 5.74) is 4.45. The zero-order valence-electron chi connectivity index (χ0n) is 16.1. The van der Waals surface area contributed by atoms with Gasteiger partial charge in [0.2, 0.25) is 0 Å². The number of methoxy groups -OCH3 is 1. The van der Waals surface area contributed by atoms with Crippen molar-refractivity contribution in [3.05, 3.63) is 70.8 Å². The van der Waals surface area contributed by atoms with Gasteiger partial charge in [-0.1, -0.05) is 43.3 Å². The topological polar surface area (TPSA) is 50.4 Å². The number of carbonyl (C=O) groups is 1. The fourth-order valence-corrected chi connectivity index (χ4v) is 4.92. The number of rotatable bonds is 4. The molecule has 4 heteroatoms. The van der Waals surface area contributed by atoms with Crippen LogP contribution in [0.1, 0.15) is 52.9 Å². The maximum absolute atomic E-state index is 13.0. The molecule has 2 atom stereocenters. The molecule has 2 aromatic carbocycles. The van der Waals surface area contributed by atoms with E-state index in [9.17, 15) is 4.79 Å². The summed E-state index contributed by atoms with van der Waals surface area (Å²) in [7, 11) is 1.77. The van der Waals surface area contributed by atoms with Crippen molar-refractivity contribution in [2.45, 2.75) is 43.7 Å². The maximum atomic E-state index is 13.0. The zero-order valence-corrected chi connectivity index (χ0v) is 16.1. The van der Waals surface area contributed by atoms with Gasteiger partial charge in [-0.2, -0.15) is 0 Å². The smallest absolute Gasteiger partial charge is 0.251 e. The summed E-state index contributed by atoms with van der Waals surface area (Å²) in [5, 5.41) is 6.74. The Morgan fingerprint density at radius 1 is 1.15 bits per heavy atom. The van der Waals surface area contributed by atoms with Gasteiger partial charge in [0.15, 0.2) is 0 Å². The number of carbonyl (C=O) groups excluding carboxylic acids is 1. The Morgan fingerprint density at radius 3 is 2.52 bits per heavy atom. The molecule has 2 aromatic rings. The summed E-state index contributed by atoms with van der Waals surface area (Å²) < 4.78 is 6.03. The number of hydrogen-bond acceptors (Lipinski definition) is 3. The third-order valence-electron chi connectivity index (χ3n) is 6.34. The van der Waals surface area contributed by atoms with Gasteiger partial charge in [0.25, 0.3) is 5.91 Å². The van der Waals surface area contributed by atoms with Crippen LogP contribution >= 0.6 is 0 Å². The Kier molecular flexibility index (Phi) is 5.02. The van der Waals surface area contributed by atoms with E-state index in [0.29, 0.717) is 5.56 Å². The minimum Gasteiger partial charge on any atom is -0.378 e. The largest absolute Gasteiger partial charge is 0.378 e. The van der Waals surface area contributed by atoms with Crippen molar-refractivity contribution in [3.8, 4) is 0 Å². The molecule has 1 amide bonds. The lowest BCUT2D eigenvalue weighted by atomic mass is 9.72. The molecule has 1 aliphatic heterocycles. The van der Waals surface area contributed by atoms with Gasteiger partial charge in [0, 0.05) is 18.1 Å². The second-order valence-corrected chi connectivity index (χ2v) is 7.65. The van der Waals surface area contributed by atoms with Crippen LogP contribution in [0.3, 0.4) is 0 Å². The first-order valence-corrected chi connectivity index (χ1v) is 9.92. The lowest BCUT2D eigenvalue weighted by Gasteiger charge is -2.40. The molecule has 0 bridgehead atoms. The van der Waals surface area contributed by atoms with E-state index in [1.807, 2.05) is 24.3 Å². The van der Waals surface area contributed by atoms with E-state index in [1.54, 1.807) is 7.11 Å². The van der Waals surface area contributed by atoms with Crippen LogP contribution in [0.2, 0.25) is 0 Å². The van der Waals surface area contributed by atoms with Crippen LogP contribution in [0, 0.1) is 0 Å². The van der Waals surface area contributed by atoms with Gasteiger partial charge in [-0.15, -0.1) is 0 Å². The summed E-state index contributed by atoms with van der Waals surface area (Å²) >= 11 is 0. The molecule has 4 nitrogen and oxygen atoms in total. The Balaban J connectivity index is 1.66. The lowest BCUT2D eigenvalue weighted by Crippen LogP contribution is -2.49. The molecular weight excluding hydrogens is 336 g/mol. The van der Waals surface area contributed by atoms with E-state index in [1.165, 1.54) is 16.7 Å². The first kappa shape index (κ1) is 18.2. The van der Waals surface area contributed by atoms with Crippen molar-refractivity contribution < 1.29 is 9.53 Å². The minimum atomic E-state index is -0.123. The van der Waals surface area contributed by atoms with Crippen molar-refractivity contribution in [3.63, 3.8) is 0 Å². The highest BCUT2D eigenvalue weighted by Crippen LogP contribution is 2.51. The molecule has 1 heterocycles. The number of hydrogen-bond donors (Lipinski definition) is 2. The second kappa shape index (κ2) is 7.45. The number of amides is 1. The molecule has 1 spiro atoms. The highest BCUT2D eigenvalue weighted by molar-refractivity contribution is 5.94. The normalized spacial score (nSPS) is 23.2. The van der Waals surface area contributed by atoms with Crippen LogP contribution in [-0.2, 0) is 16.6 Å². The van der Waals surface area contributed by atoms with Crippen LogP contribution in [0.15, 0.2) is 48.5 Å². The highest BCUT2D eigenvalue weighted by Gasteiger charge is 2.53.